The molecule has 0 spiro atoms. The molecule has 0 radical (unpaired) electrons. The van der Waals surface area contributed by atoms with E-state index in [4.69, 9.17) is 28.1 Å². The molecule has 264 valence electrons. The van der Waals surface area contributed by atoms with Crippen LogP contribution in [0.4, 0.5) is 0 Å². The van der Waals surface area contributed by atoms with E-state index < -0.39 is 44.4 Å². The number of carbonyl (C=O) groups excluding carboxylic acids is 2. The maximum atomic E-state index is 12.5. The van der Waals surface area contributed by atoms with Crippen molar-refractivity contribution in [2.45, 2.75) is 83.4 Å². The average molecular weight is 697 g/mol. The first kappa shape index (κ1) is 37.1. The Kier molecular flexibility index (Phi) is 12.4. The predicted molar refractivity (Wildman–Crippen MR) is 194 cm³/mol. The van der Waals surface area contributed by atoms with Crippen LogP contribution in [0.1, 0.15) is 52.2 Å². The summed E-state index contributed by atoms with van der Waals surface area (Å²) in [6.07, 6.45) is -2.84. The van der Waals surface area contributed by atoms with Gasteiger partial charge < -0.3 is 28.1 Å². The first-order valence-electron chi connectivity index (χ1n) is 17.1. The highest BCUT2D eigenvalue weighted by atomic mass is 28.4. The molecule has 0 aliphatic carbocycles. The zero-order valence-electron chi connectivity index (χ0n) is 29.6. The number of carbonyl (C=O) groups is 2. The van der Waals surface area contributed by atoms with Gasteiger partial charge in [-0.25, -0.2) is 0 Å². The quantitative estimate of drug-likeness (QED) is 0.105. The second-order valence-electron chi connectivity index (χ2n) is 13.7. The summed E-state index contributed by atoms with van der Waals surface area (Å²) in [5.74, 6) is -1.12. The molecule has 4 aromatic rings. The van der Waals surface area contributed by atoms with Gasteiger partial charge in [0.2, 0.25) is 6.29 Å². The van der Waals surface area contributed by atoms with Crippen LogP contribution < -0.4 is 10.4 Å². The van der Waals surface area contributed by atoms with Gasteiger partial charge in [0.05, 0.1) is 19.8 Å². The summed E-state index contributed by atoms with van der Waals surface area (Å²) >= 11 is 0. The van der Waals surface area contributed by atoms with Gasteiger partial charge in [0, 0.05) is 26.9 Å². The van der Waals surface area contributed by atoms with Crippen LogP contribution >= 0.6 is 0 Å². The molecule has 1 aliphatic heterocycles. The number of hydrogen-bond acceptors (Lipinski definition) is 8. The van der Waals surface area contributed by atoms with E-state index >= 15 is 0 Å². The lowest BCUT2D eigenvalue weighted by Gasteiger charge is -2.44. The molecule has 0 aromatic heterocycles. The fourth-order valence-electron chi connectivity index (χ4n) is 6.82. The highest BCUT2D eigenvalue weighted by Gasteiger charge is 2.60. The first-order valence-corrected chi connectivity index (χ1v) is 19.0. The molecule has 1 fully saturated rings. The minimum atomic E-state index is -2.93. The molecule has 0 N–H and O–H groups in total. The van der Waals surface area contributed by atoms with Crippen LogP contribution in [0.25, 0.3) is 0 Å². The molecule has 50 heavy (non-hydrogen) atoms. The topological polar surface area (TPSA) is 89.5 Å². The van der Waals surface area contributed by atoms with Crippen LogP contribution in [0.5, 0.6) is 0 Å². The van der Waals surface area contributed by atoms with Gasteiger partial charge in [-0.1, -0.05) is 142 Å². The van der Waals surface area contributed by atoms with Crippen molar-refractivity contribution in [3.05, 3.63) is 132 Å². The summed E-state index contributed by atoms with van der Waals surface area (Å²) in [4.78, 5) is 24.9. The van der Waals surface area contributed by atoms with Crippen LogP contribution in [0.15, 0.2) is 121 Å². The van der Waals surface area contributed by atoms with Gasteiger partial charge in [-0.15, -0.1) is 0 Å². The minimum absolute atomic E-state index is 0.0565. The van der Waals surface area contributed by atoms with Crippen LogP contribution in [-0.2, 0) is 50.9 Å². The molecule has 1 aliphatic rings. The van der Waals surface area contributed by atoms with E-state index in [-0.39, 0.29) is 24.9 Å². The van der Waals surface area contributed by atoms with Crippen molar-refractivity contribution in [1.29, 1.82) is 0 Å². The third-order valence-corrected chi connectivity index (χ3v) is 14.1. The highest BCUT2D eigenvalue weighted by molar-refractivity contribution is 6.99. The molecule has 0 amide bonds. The highest BCUT2D eigenvalue weighted by Crippen LogP contribution is 2.42. The summed E-state index contributed by atoms with van der Waals surface area (Å²) < 4.78 is 38.5. The third kappa shape index (κ3) is 8.78. The van der Waals surface area contributed by atoms with E-state index in [0.29, 0.717) is 13.0 Å². The monoisotopic (exact) mass is 696 g/mol. The second kappa shape index (κ2) is 16.7. The molecule has 0 saturated carbocycles. The lowest BCUT2D eigenvalue weighted by Crippen LogP contribution is -2.67. The van der Waals surface area contributed by atoms with Crippen molar-refractivity contribution in [3.63, 3.8) is 0 Å². The Hall–Kier alpha value is -4.12. The van der Waals surface area contributed by atoms with Gasteiger partial charge >= 0.3 is 11.9 Å². The molecule has 5 rings (SSSR count). The van der Waals surface area contributed by atoms with Gasteiger partial charge in [0.25, 0.3) is 8.32 Å². The SMILES string of the molecule is CC(=O)OC1O[C@](CCO[Si](c2ccccc2)(c2ccccc2)C(C)(C)C)(COCc2ccccc2)[C@@H](OCc2ccccc2)[C@H]1OC(C)=O. The van der Waals surface area contributed by atoms with E-state index in [1.807, 2.05) is 72.8 Å². The lowest BCUT2D eigenvalue weighted by atomic mass is 9.92. The Bertz CT molecular complexity index is 1610. The van der Waals surface area contributed by atoms with Gasteiger partial charge in [-0.05, 0) is 26.5 Å². The average Bonchev–Trinajstić information content (AvgIpc) is 3.36. The van der Waals surface area contributed by atoms with Crippen LogP contribution in [0, 0.1) is 0 Å². The van der Waals surface area contributed by atoms with Crippen LogP contribution in [0.3, 0.4) is 0 Å². The van der Waals surface area contributed by atoms with Gasteiger partial charge in [0.1, 0.15) is 11.7 Å². The Morgan fingerprint density at radius 3 is 1.66 bits per heavy atom. The Morgan fingerprint density at radius 1 is 0.700 bits per heavy atom. The molecule has 0 bridgehead atoms. The number of benzene rings is 4. The number of esters is 2. The van der Waals surface area contributed by atoms with E-state index in [9.17, 15) is 9.59 Å². The fourth-order valence-corrected chi connectivity index (χ4v) is 11.4. The minimum Gasteiger partial charge on any atom is -0.453 e. The molecule has 4 atom stereocenters. The molecule has 1 heterocycles. The van der Waals surface area contributed by atoms with E-state index in [1.165, 1.54) is 13.8 Å². The summed E-state index contributed by atoms with van der Waals surface area (Å²) in [7, 11) is -2.93. The van der Waals surface area contributed by atoms with E-state index in [0.717, 1.165) is 21.5 Å². The van der Waals surface area contributed by atoms with Crippen molar-refractivity contribution in [3.8, 4) is 0 Å². The molecule has 4 aromatic carbocycles. The predicted octanol–water partition coefficient (Wildman–Crippen LogP) is 6.35. The van der Waals surface area contributed by atoms with Crippen molar-refractivity contribution in [1.82, 2.24) is 0 Å². The zero-order valence-corrected chi connectivity index (χ0v) is 30.6. The maximum Gasteiger partial charge on any atom is 0.305 e. The van der Waals surface area contributed by atoms with Crippen LogP contribution in [0.2, 0.25) is 5.04 Å². The third-order valence-electron chi connectivity index (χ3n) is 9.01. The summed E-state index contributed by atoms with van der Waals surface area (Å²) in [5, 5.41) is 2.04. The van der Waals surface area contributed by atoms with Crippen molar-refractivity contribution in [2.75, 3.05) is 13.2 Å². The molecule has 8 nitrogen and oxygen atoms in total. The van der Waals surface area contributed by atoms with Gasteiger partial charge in [-0.2, -0.15) is 0 Å². The molecular weight excluding hydrogens is 649 g/mol. The normalized spacial score (nSPS) is 20.7. The molecule has 1 unspecified atom stereocenters. The fraction of sp³-hybridized carbons (Fsp3) is 0.366. The standard InChI is InChI=1S/C41H48O8Si/c1-31(42)47-37-38(45-29-34-20-12-7-13-21-34)41(49-39(37)48-32(2)43,30-44-28-33-18-10-6-11-19-33)26-27-46-50(40(3,4)5,35-22-14-8-15-23-35)36-24-16-9-17-25-36/h6-25,37-39H,26-30H2,1-5H3/t37-,38+,39?,41-/m1/s1. The number of ether oxygens (including phenoxy) is 5. The second-order valence-corrected chi connectivity index (χ2v) is 18.0. The summed E-state index contributed by atoms with van der Waals surface area (Å²) in [5.41, 5.74) is 0.682. The molecule has 1 saturated heterocycles. The van der Waals surface area contributed by atoms with Crippen molar-refractivity contribution >= 4 is 30.6 Å². The number of hydrogen-bond donors (Lipinski definition) is 0. The van der Waals surface area contributed by atoms with Gasteiger partial charge in [-0.3, -0.25) is 9.59 Å². The van der Waals surface area contributed by atoms with Crippen LogP contribution in [-0.4, -0.2) is 57.6 Å². The first-order chi connectivity index (χ1) is 24.0. The summed E-state index contributed by atoms with van der Waals surface area (Å²) in [6, 6.07) is 40.4. The zero-order chi connectivity index (χ0) is 35.6. The Morgan fingerprint density at radius 2 is 1.18 bits per heavy atom. The van der Waals surface area contributed by atoms with Crippen molar-refractivity contribution < 1.29 is 37.7 Å². The summed E-state index contributed by atoms with van der Waals surface area (Å²) in [6.45, 7) is 10.1. The van der Waals surface area contributed by atoms with E-state index in [2.05, 4.69) is 69.3 Å². The van der Waals surface area contributed by atoms with Gasteiger partial charge in [0.15, 0.2) is 6.10 Å². The molecular formula is C41H48O8Si. The maximum absolute atomic E-state index is 12.5. The Labute approximate surface area is 296 Å². The molecule has 9 heteroatoms. The largest absolute Gasteiger partial charge is 0.453 e. The lowest BCUT2D eigenvalue weighted by molar-refractivity contribution is -0.214. The smallest absolute Gasteiger partial charge is 0.305 e. The van der Waals surface area contributed by atoms with E-state index in [1.54, 1.807) is 0 Å². The Balaban J connectivity index is 1.54. The van der Waals surface area contributed by atoms with Crippen molar-refractivity contribution in [2.24, 2.45) is 0 Å². The number of rotatable bonds is 15.